The molecular weight excluding hydrogens is 400 g/mol. The highest BCUT2D eigenvalue weighted by Crippen LogP contribution is 2.26. The van der Waals surface area contributed by atoms with Crippen molar-refractivity contribution in [3.63, 3.8) is 0 Å². The second-order valence-corrected chi connectivity index (χ2v) is 7.77. The summed E-state index contributed by atoms with van der Waals surface area (Å²) in [5, 5.41) is 14.3. The Hall–Kier alpha value is -3.80. The lowest BCUT2D eigenvalue weighted by atomic mass is 10.0. The summed E-state index contributed by atoms with van der Waals surface area (Å²) in [6.45, 7) is 4.25. The predicted octanol–water partition coefficient (Wildman–Crippen LogP) is 5.66. The first-order valence-corrected chi connectivity index (χ1v) is 10.9. The Morgan fingerprint density at radius 1 is 1.03 bits per heavy atom. The number of nitrogens with zero attached hydrogens (tertiary/aromatic N) is 4. The van der Waals surface area contributed by atoms with Crippen LogP contribution in [-0.4, -0.2) is 30.8 Å². The number of aryl methyl sites for hydroxylation is 1. The minimum atomic E-state index is -0.962. The molecule has 6 nitrogen and oxygen atoms in total. The number of pyridine rings is 1. The van der Waals surface area contributed by atoms with Crippen LogP contribution in [0.4, 0.5) is 0 Å². The van der Waals surface area contributed by atoms with Gasteiger partial charge in [-0.25, -0.2) is 14.5 Å². The summed E-state index contributed by atoms with van der Waals surface area (Å²) >= 11 is 0. The first-order chi connectivity index (χ1) is 15.6. The topological polar surface area (TPSA) is 80.9 Å². The van der Waals surface area contributed by atoms with Crippen LogP contribution in [0.2, 0.25) is 0 Å². The Kier molecular flexibility index (Phi) is 6.40. The standard InChI is InChI=1S/C26H26N4O2/c1-3-4-14-24-28-25(19-10-6-5-7-11-19)29-30(24)18(2)20-15-16-23(27-17-20)21-12-8-9-13-22(21)26(31)32/h5-13,15-18H,3-4,14H2,1-2H3,(H,31,32). The lowest BCUT2D eigenvalue weighted by molar-refractivity contribution is 0.0697. The zero-order valence-electron chi connectivity index (χ0n) is 18.3. The van der Waals surface area contributed by atoms with E-state index in [2.05, 4.69) is 18.8 Å². The van der Waals surface area contributed by atoms with Crippen molar-refractivity contribution in [1.82, 2.24) is 19.7 Å². The minimum absolute atomic E-state index is 0.0527. The highest BCUT2D eigenvalue weighted by molar-refractivity contribution is 5.95. The predicted molar refractivity (Wildman–Crippen MR) is 125 cm³/mol. The second kappa shape index (κ2) is 9.56. The molecule has 0 aliphatic rings. The molecule has 0 bridgehead atoms. The molecule has 2 heterocycles. The molecule has 0 radical (unpaired) electrons. The summed E-state index contributed by atoms with van der Waals surface area (Å²) in [5.74, 6) is 0.721. The van der Waals surface area contributed by atoms with E-state index >= 15 is 0 Å². The van der Waals surface area contributed by atoms with Crippen LogP contribution in [0.3, 0.4) is 0 Å². The number of unbranched alkanes of at least 4 members (excludes halogenated alkanes) is 1. The first-order valence-electron chi connectivity index (χ1n) is 10.9. The Bertz CT molecular complexity index is 1200. The molecule has 162 valence electrons. The van der Waals surface area contributed by atoms with Crippen LogP contribution in [0.1, 0.15) is 54.5 Å². The number of carbonyl (C=O) groups is 1. The van der Waals surface area contributed by atoms with Gasteiger partial charge in [-0.3, -0.25) is 4.98 Å². The quantitative estimate of drug-likeness (QED) is 0.393. The van der Waals surface area contributed by atoms with E-state index in [1.165, 1.54) is 0 Å². The second-order valence-electron chi connectivity index (χ2n) is 7.77. The number of benzene rings is 2. The fraction of sp³-hybridized carbons (Fsp3) is 0.231. The van der Waals surface area contributed by atoms with Crippen molar-refractivity contribution in [2.45, 2.75) is 39.2 Å². The highest BCUT2D eigenvalue weighted by Gasteiger charge is 2.18. The van der Waals surface area contributed by atoms with Gasteiger partial charge in [0, 0.05) is 23.7 Å². The third-order valence-electron chi connectivity index (χ3n) is 5.56. The average molecular weight is 427 g/mol. The van der Waals surface area contributed by atoms with Gasteiger partial charge in [0.1, 0.15) is 5.82 Å². The molecule has 4 rings (SSSR count). The summed E-state index contributed by atoms with van der Waals surface area (Å²) in [6.07, 6.45) is 4.79. The van der Waals surface area contributed by atoms with Gasteiger partial charge in [-0.15, -0.1) is 0 Å². The Balaban J connectivity index is 1.66. The average Bonchev–Trinajstić information content (AvgIpc) is 3.27. The van der Waals surface area contributed by atoms with Crippen LogP contribution in [0.15, 0.2) is 72.9 Å². The van der Waals surface area contributed by atoms with E-state index in [9.17, 15) is 9.90 Å². The van der Waals surface area contributed by atoms with Crippen LogP contribution in [0.5, 0.6) is 0 Å². The zero-order chi connectivity index (χ0) is 22.5. The molecule has 0 aliphatic heterocycles. The number of aromatic carboxylic acids is 1. The summed E-state index contributed by atoms with van der Waals surface area (Å²) in [4.78, 5) is 20.9. The molecule has 0 aliphatic carbocycles. The van der Waals surface area contributed by atoms with E-state index in [1.54, 1.807) is 24.4 Å². The number of carboxylic acids is 1. The maximum absolute atomic E-state index is 11.6. The van der Waals surface area contributed by atoms with E-state index in [4.69, 9.17) is 10.1 Å². The fourth-order valence-electron chi connectivity index (χ4n) is 3.73. The summed E-state index contributed by atoms with van der Waals surface area (Å²) < 4.78 is 1.99. The number of hydrogen-bond donors (Lipinski definition) is 1. The molecule has 0 saturated heterocycles. The van der Waals surface area contributed by atoms with Crippen molar-refractivity contribution in [2.24, 2.45) is 0 Å². The molecule has 0 saturated carbocycles. The monoisotopic (exact) mass is 426 g/mol. The van der Waals surface area contributed by atoms with Gasteiger partial charge in [-0.05, 0) is 31.0 Å². The summed E-state index contributed by atoms with van der Waals surface area (Å²) in [7, 11) is 0. The van der Waals surface area contributed by atoms with Gasteiger partial charge in [0.05, 0.1) is 17.3 Å². The van der Waals surface area contributed by atoms with Crippen molar-refractivity contribution in [2.75, 3.05) is 0 Å². The third-order valence-corrected chi connectivity index (χ3v) is 5.56. The van der Waals surface area contributed by atoms with E-state index in [0.29, 0.717) is 11.3 Å². The van der Waals surface area contributed by atoms with E-state index in [0.717, 1.165) is 42.0 Å². The number of rotatable bonds is 8. The number of carboxylic acid groups (broad SMARTS) is 1. The molecule has 4 aromatic rings. The van der Waals surface area contributed by atoms with Gasteiger partial charge in [0.25, 0.3) is 0 Å². The van der Waals surface area contributed by atoms with Gasteiger partial charge in [0.2, 0.25) is 0 Å². The van der Waals surface area contributed by atoms with Gasteiger partial charge < -0.3 is 5.11 Å². The largest absolute Gasteiger partial charge is 0.478 e. The van der Waals surface area contributed by atoms with Crippen molar-refractivity contribution in [3.8, 4) is 22.6 Å². The van der Waals surface area contributed by atoms with Crippen LogP contribution < -0.4 is 0 Å². The molecule has 32 heavy (non-hydrogen) atoms. The normalized spacial score (nSPS) is 11.9. The molecule has 0 spiro atoms. The van der Waals surface area contributed by atoms with Crippen molar-refractivity contribution in [1.29, 1.82) is 0 Å². The Labute approximate surface area is 187 Å². The van der Waals surface area contributed by atoms with Crippen LogP contribution >= 0.6 is 0 Å². The molecular formula is C26H26N4O2. The van der Waals surface area contributed by atoms with Gasteiger partial charge in [0.15, 0.2) is 5.82 Å². The van der Waals surface area contributed by atoms with E-state index in [-0.39, 0.29) is 11.6 Å². The molecule has 2 aromatic heterocycles. The Morgan fingerprint density at radius 2 is 1.78 bits per heavy atom. The lowest BCUT2D eigenvalue weighted by Crippen LogP contribution is -2.13. The van der Waals surface area contributed by atoms with Gasteiger partial charge in [-0.1, -0.05) is 67.9 Å². The molecule has 0 fully saturated rings. The van der Waals surface area contributed by atoms with Crippen LogP contribution in [0, 0.1) is 0 Å². The molecule has 2 aromatic carbocycles. The molecule has 0 amide bonds. The van der Waals surface area contributed by atoms with Crippen LogP contribution in [0.25, 0.3) is 22.6 Å². The fourth-order valence-corrected chi connectivity index (χ4v) is 3.73. The van der Waals surface area contributed by atoms with Crippen molar-refractivity contribution >= 4 is 5.97 Å². The minimum Gasteiger partial charge on any atom is -0.478 e. The molecule has 1 unspecified atom stereocenters. The SMILES string of the molecule is CCCCc1nc(-c2ccccc2)nn1C(C)c1ccc(-c2ccccc2C(=O)O)nc1. The summed E-state index contributed by atoms with van der Waals surface area (Å²) in [5.41, 5.74) is 3.47. The van der Waals surface area contributed by atoms with Gasteiger partial charge >= 0.3 is 5.97 Å². The van der Waals surface area contributed by atoms with Crippen molar-refractivity contribution in [3.05, 3.63) is 89.9 Å². The van der Waals surface area contributed by atoms with Crippen LogP contribution in [-0.2, 0) is 6.42 Å². The maximum Gasteiger partial charge on any atom is 0.336 e. The van der Waals surface area contributed by atoms with Gasteiger partial charge in [-0.2, -0.15) is 5.10 Å². The summed E-state index contributed by atoms with van der Waals surface area (Å²) in [6, 6.07) is 20.7. The number of hydrogen-bond acceptors (Lipinski definition) is 4. The smallest absolute Gasteiger partial charge is 0.336 e. The third kappa shape index (κ3) is 4.44. The molecule has 1 N–H and O–H groups in total. The highest BCUT2D eigenvalue weighted by atomic mass is 16.4. The Morgan fingerprint density at radius 3 is 2.47 bits per heavy atom. The van der Waals surface area contributed by atoms with E-state index in [1.807, 2.05) is 53.2 Å². The molecule has 1 atom stereocenters. The zero-order valence-corrected chi connectivity index (χ0v) is 18.3. The maximum atomic E-state index is 11.6. The van der Waals surface area contributed by atoms with E-state index < -0.39 is 5.97 Å². The number of aromatic nitrogens is 4. The first kappa shape index (κ1) is 21.4. The van der Waals surface area contributed by atoms with Crippen molar-refractivity contribution < 1.29 is 9.90 Å². The lowest BCUT2D eigenvalue weighted by Gasteiger charge is -2.15. The molecule has 6 heteroatoms.